The van der Waals surface area contributed by atoms with Crippen molar-refractivity contribution in [3.8, 4) is 6.07 Å². The van der Waals surface area contributed by atoms with E-state index in [1.807, 2.05) is 6.07 Å². The Balaban J connectivity index is 2.08. The molecule has 96 valence electrons. The van der Waals surface area contributed by atoms with Crippen LogP contribution in [0.5, 0.6) is 0 Å². The third kappa shape index (κ3) is 3.56. The first-order valence-electron chi connectivity index (χ1n) is 5.22. The molecule has 0 spiro atoms. The molecule has 0 fully saturated rings. The third-order valence-electron chi connectivity index (χ3n) is 2.28. The van der Waals surface area contributed by atoms with Crippen molar-refractivity contribution in [3.63, 3.8) is 0 Å². The van der Waals surface area contributed by atoms with Crippen LogP contribution >= 0.6 is 23.1 Å². The second-order valence-electron chi connectivity index (χ2n) is 3.70. The van der Waals surface area contributed by atoms with E-state index < -0.39 is 11.8 Å². The number of benzene rings is 1. The Labute approximate surface area is 117 Å². The fraction of sp³-hybridized carbons (Fsp3) is 0.0769. The van der Waals surface area contributed by atoms with Crippen LogP contribution in [0.2, 0.25) is 0 Å². The Hall–Kier alpha value is -1.84. The predicted molar refractivity (Wildman–Crippen MR) is 72.0 cm³/mol. The van der Waals surface area contributed by atoms with Gasteiger partial charge in [-0.3, -0.25) is 0 Å². The van der Waals surface area contributed by atoms with Gasteiger partial charge in [-0.1, -0.05) is 0 Å². The second-order valence-corrected chi connectivity index (χ2v) is 5.66. The summed E-state index contributed by atoms with van der Waals surface area (Å²) in [5, 5.41) is 19.3. The molecule has 1 N–H and O–H groups in total. The van der Waals surface area contributed by atoms with Gasteiger partial charge in [-0.05, 0) is 29.8 Å². The number of carbonyl (C=O) groups is 1. The third-order valence-corrected chi connectivity index (χ3v) is 4.39. The molecule has 0 saturated heterocycles. The van der Waals surface area contributed by atoms with E-state index in [9.17, 15) is 9.18 Å². The number of thioether (sulfide) groups is 1. The molecule has 0 radical (unpaired) electrons. The fourth-order valence-electron chi connectivity index (χ4n) is 1.47. The number of nitrogens with zero attached hydrogens (tertiary/aromatic N) is 1. The van der Waals surface area contributed by atoms with Crippen LogP contribution in [-0.2, 0) is 5.75 Å². The molecule has 2 aromatic rings. The van der Waals surface area contributed by atoms with Gasteiger partial charge in [0.15, 0.2) is 0 Å². The van der Waals surface area contributed by atoms with Gasteiger partial charge in [-0.15, -0.1) is 23.1 Å². The highest BCUT2D eigenvalue weighted by atomic mass is 32.2. The number of rotatable bonds is 4. The molecular weight excluding hydrogens is 285 g/mol. The molecule has 1 heterocycles. The van der Waals surface area contributed by atoms with Crippen molar-refractivity contribution < 1.29 is 14.3 Å². The zero-order valence-corrected chi connectivity index (χ0v) is 11.2. The monoisotopic (exact) mass is 293 g/mol. The molecule has 0 aliphatic rings. The van der Waals surface area contributed by atoms with Gasteiger partial charge in [0.1, 0.15) is 10.7 Å². The highest BCUT2D eigenvalue weighted by molar-refractivity contribution is 7.98. The van der Waals surface area contributed by atoms with Crippen molar-refractivity contribution >= 4 is 29.1 Å². The summed E-state index contributed by atoms with van der Waals surface area (Å²) in [5.41, 5.74) is 0.983. The quantitative estimate of drug-likeness (QED) is 0.872. The van der Waals surface area contributed by atoms with Crippen LogP contribution in [0.4, 0.5) is 4.39 Å². The molecule has 19 heavy (non-hydrogen) atoms. The zero-order chi connectivity index (χ0) is 13.8. The first kappa shape index (κ1) is 13.6. The number of halogens is 1. The summed E-state index contributed by atoms with van der Waals surface area (Å²) in [5.74, 6) is -0.900. The normalized spacial score (nSPS) is 10.1. The molecule has 0 unspecified atom stereocenters. The summed E-state index contributed by atoms with van der Waals surface area (Å²) in [6.07, 6.45) is 0. The number of nitriles is 1. The summed E-state index contributed by atoms with van der Waals surface area (Å²) in [6, 6.07) is 7.67. The average Bonchev–Trinajstić information content (AvgIpc) is 2.84. The Kier molecular flexibility index (Phi) is 4.20. The lowest BCUT2D eigenvalue weighted by molar-refractivity contribution is 0.0702. The average molecular weight is 293 g/mol. The minimum atomic E-state index is -0.950. The Morgan fingerprint density at radius 1 is 1.42 bits per heavy atom. The standard InChI is InChI=1S/C13H8FNO2S2/c14-10-2-8(5-15)1-9(3-10)6-18-11-4-12(13(16)17)19-7-11/h1-4,7H,6H2,(H,16,17). The molecule has 0 aliphatic carbocycles. The summed E-state index contributed by atoms with van der Waals surface area (Å²) in [7, 11) is 0. The molecule has 0 aliphatic heterocycles. The largest absolute Gasteiger partial charge is 0.477 e. The van der Waals surface area contributed by atoms with Gasteiger partial charge in [-0.2, -0.15) is 5.26 Å². The molecule has 0 atom stereocenters. The van der Waals surface area contributed by atoms with Crippen LogP contribution in [0, 0.1) is 17.1 Å². The molecule has 1 aromatic heterocycles. The lowest BCUT2D eigenvalue weighted by Gasteiger charge is -2.01. The van der Waals surface area contributed by atoms with Crippen molar-refractivity contribution in [2.45, 2.75) is 10.6 Å². The molecule has 0 bridgehead atoms. The lowest BCUT2D eigenvalue weighted by atomic mass is 10.1. The van der Waals surface area contributed by atoms with Gasteiger partial charge >= 0.3 is 5.97 Å². The summed E-state index contributed by atoms with van der Waals surface area (Å²) in [6.45, 7) is 0. The predicted octanol–water partition coefficient (Wildman–Crippen LogP) is 3.75. The Bertz CT molecular complexity index is 661. The highest BCUT2D eigenvalue weighted by Gasteiger charge is 2.08. The topological polar surface area (TPSA) is 61.1 Å². The number of hydrogen-bond acceptors (Lipinski definition) is 4. The highest BCUT2D eigenvalue weighted by Crippen LogP contribution is 2.28. The van der Waals surface area contributed by atoms with E-state index in [2.05, 4.69) is 0 Å². The molecule has 0 saturated carbocycles. The van der Waals surface area contributed by atoms with Crippen molar-refractivity contribution in [1.29, 1.82) is 5.26 Å². The van der Waals surface area contributed by atoms with Gasteiger partial charge in [0.25, 0.3) is 0 Å². The number of aromatic carboxylic acids is 1. The summed E-state index contributed by atoms with van der Waals surface area (Å²) in [4.78, 5) is 11.8. The van der Waals surface area contributed by atoms with Gasteiger partial charge in [0, 0.05) is 16.0 Å². The second kappa shape index (κ2) is 5.87. The molecule has 1 aromatic carbocycles. The molecule has 2 rings (SSSR count). The van der Waals surface area contributed by atoms with Gasteiger partial charge in [-0.25, -0.2) is 9.18 Å². The van der Waals surface area contributed by atoms with Crippen LogP contribution in [0.15, 0.2) is 34.5 Å². The van der Waals surface area contributed by atoms with Crippen LogP contribution in [0.3, 0.4) is 0 Å². The first-order chi connectivity index (χ1) is 9.08. The van der Waals surface area contributed by atoms with Gasteiger partial charge in [0.05, 0.1) is 11.6 Å². The lowest BCUT2D eigenvalue weighted by Crippen LogP contribution is -1.90. The molecular formula is C13H8FNO2S2. The van der Waals surface area contributed by atoms with E-state index in [1.165, 1.54) is 23.9 Å². The van der Waals surface area contributed by atoms with E-state index in [1.54, 1.807) is 17.5 Å². The van der Waals surface area contributed by atoms with Crippen LogP contribution < -0.4 is 0 Å². The van der Waals surface area contributed by atoms with Crippen molar-refractivity contribution in [2.75, 3.05) is 0 Å². The van der Waals surface area contributed by atoms with E-state index in [0.29, 0.717) is 11.3 Å². The summed E-state index contributed by atoms with van der Waals surface area (Å²) < 4.78 is 13.2. The van der Waals surface area contributed by atoms with E-state index in [-0.39, 0.29) is 10.4 Å². The smallest absolute Gasteiger partial charge is 0.345 e. The molecule has 0 amide bonds. The van der Waals surface area contributed by atoms with Crippen LogP contribution in [-0.4, -0.2) is 11.1 Å². The Morgan fingerprint density at radius 3 is 2.84 bits per heavy atom. The Morgan fingerprint density at radius 2 is 2.21 bits per heavy atom. The number of hydrogen-bond donors (Lipinski definition) is 1. The maximum atomic E-state index is 13.2. The number of carboxylic acids is 1. The fourth-order valence-corrected chi connectivity index (χ4v) is 3.27. The number of carboxylic acid groups (broad SMARTS) is 1. The van der Waals surface area contributed by atoms with Gasteiger partial charge in [0.2, 0.25) is 0 Å². The van der Waals surface area contributed by atoms with Crippen molar-refractivity contribution in [1.82, 2.24) is 0 Å². The van der Waals surface area contributed by atoms with E-state index in [0.717, 1.165) is 16.2 Å². The van der Waals surface area contributed by atoms with Crippen molar-refractivity contribution in [3.05, 3.63) is 51.5 Å². The van der Waals surface area contributed by atoms with Crippen molar-refractivity contribution in [2.24, 2.45) is 0 Å². The minimum absolute atomic E-state index is 0.277. The van der Waals surface area contributed by atoms with Crippen LogP contribution in [0.25, 0.3) is 0 Å². The SMILES string of the molecule is N#Cc1cc(F)cc(CSc2csc(C(=O)O)c2)c1. The maximum Gasteiger partial charge on any atom is 0.345 e. The van der Waals surface area contributed by atoms with Crippen LogP contribution in [0.1, 0.15) is 20.8 Å². The van der Waals surface area contributed by atoms with E-state index in [4.69, 9.17) is 10.4 Å². The van der Waals surface area contributed by atoms with E-state index >= 15 is 0 Å². The number of thiophene rings is 1. The maximum absolute atomic E-state index is 13.2. The minimum Gasteiger partial charge on any atom is -0.477 e. The van der Waals surface area contributed by atoms with Gasteiger partial charge < -0.3 is 5.11 Å². The first-order valence-corrected chi connectivity index (χ1v) is 7.09. The summed E-state index contributed by atoms with van der Waals surface area (Å²) >= 11 is 2.57. The molecule has 3 nitrogen and oxygen atoms in total. The zero-order valence-electron chi connectivity index (χ0n) is 9.59. The molecule has 6 heteroatoms.